The lowest BCUT2D eigenvalue weighted by atomic mass is 10.3. The van der Waals surface area contributed by atoms with Crippen LogP contribution in [0.2, 0.25) is 0 Å². The van der Waals surface area contributed by atoms with Gasteiger partial charge in [0.05, 0.1) is 18.1 Å². The summed E-state index contributed by atoms with van der Waals surface area (Å²) in [5.74, 6) is 0. The summed E-state index contributed by atoms with van der Waals surface area (Å²) in [6.07, 6.45) is 0. The normalized spacial score (nSPS) is 17.3. The van der Waals surface area contributed by atoms with Crippen LogP contribution in [0, 0.1) is 24.0 Å². The van der Waals surface area contributed by atoms with Crippen LogP contribution in [0.3, 0.4) is 0 Å². The number of ether oxygens (including phenoxy) is 1. The topological polar surface area (TPSA) is 74.6 Å². The van der Waals surface area contributed by atoms with Gasteiger partial charge in [-0.25, -0.2) is 4.68 Å². The summed E-state index contributed by atoms with van der Waals surface area (Å²) >= 11 is 0. The van der Waals surface area contributed by atoms with E-state index < -0.39 is 0 Å². The molecule has 1 N–H and O–H groups in total. The Balaban J connectivity index is 2.15. The third-order valence-corrected chi connectivity index (χ3v) is 3.10. The zero-order valence-electron chi connectivity index (χ0n) is 10.1. The standard InChI is InChI=1S/C10H16N4O3/c1-8-10(14(15)16)9(2)13(11-8)7-12-3-5-17-6-4-12/h3-7H2,1-2H3/p+1. The van der Waals surface area contributed by atoms with Gasteiger partial charge in [0.2, 0.25) is 0 Å². The summed E-state index contributed by atoms with van der Waals surface area (Å²) in [5.41, 5.74) is 1.25. The predicted octanol–water partition coefficient (Wildman–Crippen LogP) is -0.719. The quantitative estimate of drug-likeness (QED) is 0.560. The van der Waals surface area contributed by atoms with Crippen molar-refractivity contribution in [3.05, 3.63) is 21.5 Å². The molecule has 1 aromatic heterocycles. The molecular weight excluding hydrogens is 224 g/mol. The van der Waals surface area contributed by atoms with E-state index in [2.05, 4.69) is 5.10 Å². The molecule has 2 heterocycles. The number of aromatic nitrogens is 2. The van der Waals surface area contributed by atoms with Crippen LogP contribution in [0.15, 0.2) is 0 Å². The van der Waals surface area contributed by atoms with Crippen LogP contribution in [0.25, 0.3) is 0 Å². The van der Waals surface area contributed by atoms with Crippen molar-refractivity contribution in [2.75, 3.05) is 26.3 Å². The Hall–Kier alpha value is -1.47. The second-order valence-electron chi connectivity index (χ2n) is 4.30. The zero-order valence-corrected chi connectivity index (χ0v) is 10.1. The fourth-order valence-corrected chi connectivity index (χ4v) is 2.14. The Morgan fingerprint density at radius 1 is 1.47 bits per heavy atom. The lowest BCUT2D eigenvalue weighted by molar-refractivity contribution is -0.930. The molecule has 1 aliphatic rings. The lowest BCUT2D eigenvalue weighted by Crippen LogP contribution is -3.13. The highest BCUT2D eigenvalue weighted by molar-refractivity contribution is 5.39. The van der Waals surface area contributed by atoms with Gasteiger partial charge in [-0.3, -0.25) is 10.1 Å². The number of nitrogens with zero attached hydrogens (tertiary/aromatic N) is 3. The largest absolute Gasteiger partial charge is 0.370 e. The molecule has 17 heavy (non-hydrogen) atoms. The Morgan fingerprint density at radius 2 is 2.12 bits per heavy atom. The highest BCUT2D eigenvalue weighted by Gasteiger charge is 2.24. The van der Waals surface area contributed by atoms with E-state index in [9.17, 15) is 10.1 Å². The van der Waals surface area contributed by atoms with Gasteiger partial charge in [-0.05, 0) is 13.8 Å². The molecule has 0 saturated carbocycles. The molecule has 0 unspecified atom stereocenters. The number of aryl methyl sites for hydroxylation is 1. The molecule has 7 nitrogen and oxygen atoms in total. The Bertz CT molecular complexity index is 423. The van der Waals surface area contributed by atoms with Crippen molar-refractivity contribution in [3.8, 4) is 0 Å². The number of hydrogen-bond donors (Lipinski definition) is 1. The third-order valence-electron chi connectivity index (χ3n) is 3.10. The molecule has 0 bridgehead atoms. The monoisotopic (exact) mass is 241 g/mol. The van der Waals surface area contributed by atoms with Crippen molar-refractivity contribution in [1.29, 1.82) is 0 Å². The van der Waals surface area contributed by atoms with Crippen LogP contribution in [0.5, 0.6) is 0 Å². The lowest BCUT2D eigenvalue weighted by Gasteiger charge is -2.23. The first kappa shape index (κ1) is 12.0. The minimum absolute atomic E-state index is 0.137. The van der Waals surface area contributed by atoms with Gasteiger partial charge in [0.15, 0.2) is 6.67 Å². The molecule has 0 aliphatic carbocycles. The maximum absolute atomic E-state index is 10.9. The van der Waals surface area contributed by atoms with Gasteiger partial charge in [0.25, 0.3) is 0 Å². The fourth-order valence-electron chi connectivity index (χ4n) is 2.14. The minimum atomic E-state index is -0.358. The summed E-state index contributed by atoms with van der Waals surface area (Å²) in [6, 6.07) is 0. The molecular formula is C10H17N4O3+. The van der Waals surface area contributed by atoms with E-state index >= 15 is 0 Å². The van der Waals surface area contributed by atoms with Gasteiger partial charge in [-0.1, -0.05) is 0 Å². The van der Waals surface area contributed by atoms with Gasteiger partial charge in [-0.15, -0.1) is 0 Å². The van der Waals surface area contributed by atoms with Gasteiger partial charge in [0.1, 0.15) is 24.5 Å². The van der Waals surface area contributed by atoms with Crippen LogP contribution in [-0.2, 0) is 11.4 Å². The van der Waals surface area contributed by atoms with E-state index in [1.165, 1.54) is 4.90 Å². The maximum Gasteiger partial charge on any atom is 0.312 e. The summed E-state index contributed by atoms with van der Waals surface area (Å²) in [6.45, 7) is 7.43. The average molecular weight is 241 g/mol. The predicted molar refractivity (Wildman–Crippen MR) is 59.9 cm³/mol. The summed E-state index contributed by atoms with van der Waals surface area (Å²) in [7, 11) is 0. The van der Waals surface area contributed by atoms with Crippen molar-refractivity contribution in [2.45, 2.75) is 20.5 Å². The van der Waals surface area contributed by atoms with E-state index in [1.807, 2.05) is 0 Å². The highest BCUT2D eigenvalue weighted by Crippen LogP contribution is 2.20. The molecule has 1 aromatic rings. The number of nitrogens with one attached hydrogen (secondary N) is 1. The molecule has 0 spiro atoms. The Morgan fingerprint density at radius 3 is 2.65 bits per heavy atom. The number of hydrogen-bond acceptors (Lipinski definition) is 4. The Kier molecular flexibility index (Phi) is 3.39. The van der Waals surface area contributed by atoms with Crippen LogP contribution < -0.4 is 4.90 Å². The van der Waals surface area contributed by atoms with E-state index in [0.29, 0.717) is 18.1 Å². The first-order valence-electron chi connectivity index (χ1n) is 5.69. The van der Waals surface area contributed by atoms with E-state index in [1.54, 1.807) is 18.5 Å². The maximum atomic E-state index is 10.9. The fraction of sp³-hybridized carbons (Fsp3) is 0.700. The molecule has 1 fully saturated rings. The highest BCUT2D eigenvalue weighted by atomic mass is 16.6. The van der Waals surface area contributed by atoms with Gasteiger partial charge >= 0.3 is 5.69 Å². The van der Waals surface area contributed by atoms with Crippen LogP contribution in [0.1, 0.15) is 11.4 Å². The number of nitro groups is 1. The zero-order chi connectivity index (χ0) is 12.4. The van der Waals surface area contributed by atoms with Crippen molar-refractivity contribution in [3.63, 3.8) is 0 Å². The number of quaternary nitrogens is 1. The molecule has 1 saturated heterocycles. The molecule has 94 valence electrons. The van der Waals surface area contributed by atoms with Gasteiger partial charge in [0, 0.05) is 0 Å². The average Bonchev–Trinajstić information content (AvgIpc) is 2.55. The van der Waals surface area contributed by atoms with Crippen molar-refractivity contribution >= 4 is 5.69 Å². The van der Waals surface area contributed by atoms with Gasteiger partial charge in [-0.2, -0.15) is 5.10 Å². The third kappa shape index (κ3) is 2.45. The van der Waals surface area contributed by atoms with Crippen molar-refractivity contribution < 1.29 is 14.6 Å². The smallest absolute Gasteiger partial charge is 0.312 e. The Labute approximate surface area is 99.1 Å². The summed E-state index contributed by atoms with van der Waals surface area (Å²) in [5, 5.41) is 15.1. The van der Waals surface area contributed by atoms with Crippen LogP contribution in [-0.4, -0.2) is 41.0 Å². The second kappa shape index (κ2) is 4.80. The van der Waals surface area contributed by atoms with Gasteiger partial charge < -0.3 is 9.64 Å². The molecule has 0 radical (unpaired) electrons. The second-order valence-corrected chi connectivity index (χ2v) is 4.30. The molecule has 1 aliphatic heterocycles. The van der Waals surface area contributed by atoms with Crippen LogP contribution in [0.4, 0.5) is 5.69 Å². The molecule has 0 atom stereocenters. The molecule has 0 amide bonds. The van der Waals surface area contributed by atoms with E-state index in [4.69, 9.17) is 4.74 Å². The SMILES string of the molecule is Cc1nn(C[NH+]2CCOCC2)c(C)c1[N+](=O)[O-]. The van der Waals surface area contributed by atoms with Crippen molar-refractivity contribution in [1.82, 2.24) is 9.78 Å². The first-order chi connectivity index (χ1) is 8.09. The number of morpholine rings is 1. The van der Waals surface area contributed by atoms with Crippen molar-refractivity contribution in [2.24, 2.45) is 0 Å². The first-order valence-corrected chi connectivity index (χ1v) is 5.69. The summed E-state index contributed by atoms with van der Waals surface area (Å²) in [4.78, 5) is 11.9. The van der Waals surface area contributed by atoms with Crippen LogP contribution >= 0.6 is 0 Å². The molecule has 7 heteroatoms. The molecule has 2 rings (SSSR count). The molecule has 0 aromatic carbocycles. The number of rotatable bonds is 3. The minimum Gasteiger partial charge on any atom is -0.370 e. The van der Waals surface area contributed by atoms with E-state index in [-0.39, 0.29) is 10.6 Å². The van der Waals surface area contributed by atoms with E-state index in [0.717, 1.165) is 26.3 Å². The summed E-state index contributed by atoms with van der Waals surface area (Å²) < 4.78 is 7.01.